The lowest BCUT2D eigenvalue weighted by molar-refractivity contribution is 0.00578. The molecule has 0 amide bonds. The summed E-state index contributed by atoms with van der Waals surface area (Å²) in [7, 11) is 3.87. The lowest BCUT2D eigenvalue weighted by Crippen LogP contribution is -2.41. The maximum atomic E-state index is 6.00. The average molecular weight is 224 g/mol. The number of hydrogen-bond acceptors (Lipinski definition) is 4. The molecule has 2 aliphatic heterocycles. The maximum Gasteiger partial charge on any atom is 0.493 e. The van der Waals surface area contributed by atoms with Crippen molar-refractivity contribution in [2.75, 3.05) is 20.6 Å². The van der Waals surface area contributed by atoms with E-state index in [1.165, 1.54) is 5.47 Å². The summed E-state index contributed by atoms with van der Waals surface area (Å²) in [6.07, 6.45) is 2.09. The lowest BCUT2D eigenvalue weighted by Gasteiger charge is -2.32. The highest BCUT2D eigenvalue weighted by atomic mass is 16.7. The Hall–Kier alpha value is -0.515. The number of nitrogens with zero attached hydrogens (tertiary/aromatic N) is 2. The molecule has 2 heterocycles. The monoisotopic (exact) mass is 224 g/mol. The van der Waals surface area contributed by atoms with Crippen LogP contribution in [0.2, 0.25) is 0 Å². The Labute approximate surface area is 98.3 Å². The fourth-order valence-electron chi connectivity index (χ4n) is 1.88. The van der Waals surface area contributed by atoms with Crippen molar-refractivity contribution in [3.8, 4) is 0 Å². The molecule has 0 aliphatic carbocycles. The van der Waals surface area contributed by atoms with Crippen LogP contribution in [0.1, 0.15) is 27.7 Å². The van der Waals surface area contributed by atoms with E-state index in [9.17, 15) is 0 Å². The van der Waals surface area contributed by atoms with E-state index in [1.807, 2.05) is 7.05 Å². The molecule has 0 unspecified atom stereocenters. The van der Waals surface area contributed by atoms with Gasteiger partial charge >= 0.3 is 7.12 Å². The van der Waals surface area contributed by atoms with Crippen LogP contribution in [0.25, 0.3) is 0 Å². The first-order valence-electron chi connectivity index (χ1n) is 5.73. The summed E-state index contributed by atoms with van der Waals surface area (Å²) in [6, 6.07) is 0. The van der Waals surface area contributed by atoms with Gasteiger partial charge in [0.25, 0.3) is 0 Å². The molecule has 0 bridgehead atoms. The molecular formula is C11H21BN2O2. The van der Waals surface area contributed by atoms with E-state index >= 15 is 0 Å². The van der Waals surface area contributed by atoms with Gasteiger partial charge in [-0.25, -0.2) is 5.01 Å². The minimum atomic E-state index is -0.252. The summed E-state index contributed by atoms with van der Waals surface area (Å²) >= 11 is 0. The van der Waals surface area contributed by atoms with Gasteiger partial charge in [0.15, 0.2) is 0 Å². The van der Waals surface area contributed by atoms with Crippen LogP contribution in [-0.4, -0.2) is 49.0 Å². The Kier molecular flexibility index (Phi) is 2.61. The van der Waals surface area contributed by atoms with E-state index in [2.05, 4.69) is 51.0 Å². The molecule has 0 radical (unpaired) electrons. The molecular weight excluding hydrogens is 203 g/mol. The topological polar surface area (TPSA) is 24.9 Å². The molecule has 2 aliphatic rings. The molecule has 0 aromatic carbocycles. The van der Waals surface area contributed by atoms with Gasteiger partial charge in [0.05, 0.1) is 11.2 Å². The Balaban J connectivity index is 2.13. The summed E-state index contributed by atoms with van der Waals surface area (Å²) in [6.45, 7) is 9.19. The molecule has 16 heavy (non-hydrogen) atoms. The minimum absolute atomic E-state index is 0.211. The summed E-state index contributed by atoms with van der Waals surface area (Å²) in [5, 5.41) is 4.18. The van der Waals surface area contributed by atoms with Gasteiger partial charge in [0.1, 0.15) is 0 Å². The van der Waals surface area contributed by atoms with Crippen molar-refractivity contribution in [1.29, 1.82) is 0 Å². The smallest absolute Gasteiger partial charge is 0.399 e. The normalized spacial score (nSPS) is 28.8. The van der Waals surface area contributed by atoms with Crippen LogP contribution in [0.15, 0.2) is 11.7 Å². The zero-order valence-electron chi connectivity index (χ0n) is 11.1. The first kappa shape index (κ1) is 12.0. The van der Waals surface area contributed by atoms with Gasteiger partial charge in [-0.05, 0) is 33.2 Å². The Morgan fingerprint density at radius 1 is 1.12 bits per heavy atom. The average Bonchev–Trinajstić information content (AvgIpc) is 2.54. The fourth-order valence-corrected chi connectivity index (χ4v) is 1.88. The second-order valence-corrected chi connectivity index (χ2v) is 5.68. The second kappa shape index (κ2) is 3.49. The Morgan fingerprint density at radius 2 is 1.62 bits per heavy atom. The van der Waals surface area contributed by atoms with E-state index in [1.54, 1.807) is 0 Å². The van der Waals surface area contributed by atoms with Crippen LogP contribution >= 0.6 is 0 Å². The fraction of sp³-hybridized carbons (Fsp3) is 0.818. The number of hydrogen-bond donors (Lipinski definition) is 0. The van der Waals surface area contributed by atoms with Crippen molar-refractivity contribution in [3.05, 3.63) is 11.7 Å². The summed E-state index contributed by atoms with van der Waals surface area (Å²) in [4.78, 5) is 0. The first-order valence-corrected chi connectivity index (χ1v) is 5.73. The number of rotatable bonds is 1. The van der Waals surface area contributed by atoms with Gasteiger partial charge in [-0.2, -0.15) is 0 Å². The van der Waals surface area contributed by atoms with Gasteiger partial charge in [0, 0.05) is 26.8 Å². The third kappa shape index (κ3) is 1.77. The van der Waals surface area contributed by atoms with Gasteiger partial charge in [-0.3, -0.25) is 0 Å². The van der Waals surface area contributed by atoms with Crippen LogP contribution in [0, 0.1) is 0 Å². The van der Waals surface area contributed by atoms with E-state index in [-0.39, 0.29) is 18.3 Å². The van der Waals surface area contributed by atoms with E-state index in [0.717, 1.165) is 6.54 Å². The van der Waals surface area contributed by atoms with Crippen LogP contribution in [0.5, 0.6) is 0 Å². The maximum absolute atomic E-state index is 6.00. The van der Waals surface area contributed by atoms with E-state index in [0.29, 0.717) is 0 Å². The largest absolute Gasteiger partial charge is 0.493 e. The van der Waals surface area contributed by atoms with Crippen molar-refractivity contribution in [2.24, 2.45) is 0 Å². The van der Waals surface area contributed by atoms with Crippen molar-refractivity contribution in [2.45, 2.75) is 38.9 Å². The van der Waals surface area contributed by atoms with Gasteiger partial charge in [-0.15, -0.1) is 0 Å². The first-order chi connectivity index (χ1) is 7.23. The SMILES string of the molecule is CN1C=C(B2OC(C)(C)C(C)(C)O2)CN1C. The summed E-state index contributed by atoms with van der Waals surface area (Å²) < 4.78 is 12.0. The van der Waals surface area contributed by atoms with Gasteiger partial charge < -0.3 is 14.3 Å². The summed E-state index contributed by atoms with van der Waals surface area (Å²) in [5.41, 5.74) is 0.680. The Bertz CT molecular complexity index is 312. The lowest BCUT2D eigenvalue weighted by atomic mass is 9.79. The molecule has 0 atom stereocenters. The highest BCUT2D eigenvalue weighted by Gasteiger charge is 2.53. The highest BCUT2D eigenvalue weighted by molar-refractivity contribution is 6.54. The molecule has 90 valence electrons. The van der Waals surface area contributed by atoms with E-state index < -0.39 is 0 Å². The molecule has 4 nitrogen and oxygen atoms in total. The minimum Gasteiger partial charge on any atom is -0.399 e. The van der Waals surface area contributed by atoms with Gasteiger partial charge in [-0.1, -0.05) is 0 Å². The standard InChI is InChI=1S/C11H21BN2O2/c1-10(2)11(3,4)16-12(15-10)9-7-13(5)14(6)8-9/h7H,8H2,1-6H3. The molecule has 2 rings (SSSR count). The molecule has 0 N–H and O–H groups in total. The molecule has 0 spiro atoms. The van der Waals surface area contributed by atoms with Crippen molar-refractivity contribution in [1.82, 2.24) is 10.0 Å². The quantitative estimate of drug-likeness (QED) is 0.626. The third-order valence-electron chi connectivity index (χ3n) is 3.86. The zero-order valence-corrected chi connectivity index (χ0v) is 11.1. The third-order valence-corrected chi connectivity index (χ3v) is 3.86. The molecule has 0 aromatic rings. The van der Waals surface area contributed by atoms with Crippen LogP contribution in [0.3, 0.4) is 0 Å². The zero-order chi connectivity index (χ0) is 12.1. The predicted octanol–water partition coefficient (Wildman–Crippen LogP) is 1.29. The number of hydrazine groups is 1. The predicted molar refractivity (Wildman–Crippen MR) is 64.6 cm³/mol. The van der Waals surface area contributed by atoms with Crippen molar-refractivity contribution in [3.63, 3.8) is 0 Å². The van der Waals surface area contributed by atoms with Crippen molar-refractivity contribution >= 4 is 7.12 Å². The highest BCUT2D eigenvalue weighted by Crippen LogP contribution is 2.39. The van der Waals surface area contributed by atoms with Gasteiger partial charge in [0.2, 0.25) is 0 Å². The van der Waals surface area contributed by atoms with E-state index in [4.69, 9.17) is 9.31 Å². The van der Waals surface area contributed by atoms with Crippen LogP contribution in [0.4, 0.5) is 0 Å². The molecule has 1 saturated heterocycles. The van der Waals surface area contributed by atoms with Crippen LogP contribution in [-0.2, 0) is 9.31 Å². The molecule has 0 saturated carbocycles. The summed E-state index contributed by atoms with van der Waals surface area (Å²) in [5.74, 6) is 0. The van der Waals surface area contributed by atoms with Crippen molar-refractivity contribution < 1.29 is 9.31 Å². The number of likely N-dealkylation sites (N-methyl/N-ethyl adjacent to an activating group) is 1. The molecule has 5 heteroatoms. The second-order valence-electron chi connectivity index (χ2n) is 5.68. The van der Waals surface area contributed by atoms with Crippen LogP contribution < -0.4 is 0 Å². The molecule has 1 fully saturated rings. The Morgan fingerprint density at radius 3 is 2.00 bits per heavy atom. The molecule has 0 aromatic heterocycles.